The molecule has 1 aliphatic rings. The van der Waals surface area contributed by atoms with E-state index in [4.69, 9.17) is 0 Å². The number of amides is 1. The summed E-state index contributed by atoms with van der Waals surface area (Å²) < 4.78 is 36.4. The molecule has 2 unspecified atom stereocenters. The van der Waals surface area contributed by atoms with Gasteiger partial charge in [0.2, 0.25) is 5.91 Å². The maximum absolute atomic E-state index is 12.1. The first-order chi connectivity index (χ1) is 8.89. The van der Waals surface area contributed by atoms with Crippen LogP contribution in [0.1, 0.15) is 52.4 Å². The fourth-order valence-corrected chi connectivity index (χ4v) is 2.42. The van der Waals surface area contributed by atoms with E-state index in [0.29, 0.717) is 0 Å². The molecular weight excluding hydrogens is 257 g/mol. The standard InChI is InChI=1S/C13H23F3N2O/c1-3-5-7-10-12(19)18(11(4-2)17-10)9-6-8-13(14,15)16/h10-11,17H,3-9H2,1-2H3. The minimum Gasteiger partial charge on any atom is -0.326 e. The lowest BCUT2D eigenvalue weighted by atomic mass is 10.1. The summed E-state index contributed by atoms with van der Waals surface area (Å²) in [5, 5.41) is 3.22. The Hall–Kier alpha value is -0.780. The molecule has 0 saturated carbocycles. The summed E-state index contributed by atoms with van der Waals surface area (Å²) in [7, 11) is 0. The third-order valence-corrected chi connectivity index (χ3v) is 3.44. The van der Waals surface area contributed by atoms with Crippen LogP contribution in [0.2, 0.25) is 0 Å². The zero-order valence-corrected chi connectivity index (χ0v) is 11.6. The van der Waals surface area contributed by atoms with E-state index in [-0.39, 0.29) is 31.1 Å². The zero-order chi connectivity index (χ0) is 14.5. The van der Waals surface area contributed by atoms with Crippen molar-refractivity contribution in [3.8, 4) is 0 Å². The third-order valence-electron chi connectivity index (χ3n) is 3.44. The van der Waals surface area contributed by atoms with Gasteiger partial charge in [0.05, 0.1) is 12.2 Å². The molecule has 1 fully saturated rings. The average molecular weight is 280 g/mol. The Bertz CT molecular complexity index is 294. The van der Waals surface area contributed by atoms with E-state index in [9.17, 15) is 18.0 Å². The highest BCUT2D eigenvalue weighted by atomic mass is 19.4. The second-order valence-electron chi connectivity index (χ2n) is 5.04. The van der Waals surface area contributed by atoms with Gasteiger partial charge in [-0.2, -0.15) is 13.2 Å². The summed E-state index contributed by atoms with van der Waals surface area (Å²) in [5.41, 5.74) is 0. The number of carbonyl (C=O) groups excluding carboxylic acids is 1. The molecule has 1 aliphatic heterocycles. The van der Waals surface area contributed by atoms with E-state index < -0.39 is 12.6 Å². The van der Waals surface area contributed by atoms with Crippen LogP contribution in [0.5, 0.6) is 0 Å². The molecule has 112 valence electrons. The number of hydrogen-bond acceptors (Lipinski definition) is 2. The number of alkyl halides is 3. The lowest BCUT2D eigenvalue weighted by Crippen LogP contribution is -2.37. The second-order valence-corrected chi connectivity index (χ2v) is 5.04. The van der Waals surface area contributed by atoms with Crippen molar-refractivity contribution in [2.75, 3.05) is 6.54 Å². The quantitative estimate of drug-likeness (QED) is 0.777. The van der Waals surface area contributed by atoms with Crippen molar-refractivity contribution in [3.63, 3.8) is 0 Å². The number of hydrogen-bond donors (Lipinski definition) is 1. The fourth-order valence-electron chi connectivity index (χ4n) is 2.42. The number of carbonyl (C=O) groups is 1. The minimum atomic E-state index is -4.14. The van der Waals surface area contributed by atoms with Crippen LogP contribution in [-0.4, -0.2) is 35.7 Å². The normalized spacial score (nSPS) is 24.3. The van der Waals surface area contributed by atoms with Crippen molar-refractivity contribution in [2.45, 2.75) is 70.8 Å². The lowest BCUT2D eigenvalue weighted by Gasteiger charge is -2.23. The highest BCUT2D eigenvalue weighted by Crippen LogP contribution is 2.23. The smallest absolute Gasteiger partial charge is 0.326 e. The summed E-state index contributed by atoms with van der Waals surface area (Å²) in [5.74, 6) is -0.0394. The Labute approximate surface area is 112 Å². The molecule has 0 aromatic rings. The van der Waals surface area contributed by atoms with Gasteiger partial charge in [-0.25, -0.2) is 0 Å². The first-order valence-corrected chi connectivity index (χ1v) is 7.02. The molecule has 0 bridgehead atoms. The van der Waals surface area contributed by atoms with Gasteiger partial charge in [-0.15, -0.1) is 0 Å². The molecule has 1 heterocycles. The highest BCUT2D eigenvalue weighted by Gasteiger charge is 2.37. The number of rotatable bonds is 7. The molecule has 0 aliphatic carbocycles. The summed E-state index contributed by atoms with van der Waals surface area (Å²) in [6.07, 6.45) is -1.64. The number of unbranched alkanes of at least 4 members (excludes halogenated alkanes) is 1. The van der Waals surface area contributed by atoms with Crippen LogP contribution in [0.4, 0.5) is 13.2 Å². The number of halogens is 3. The SMILES string of the molecule is CCCCC1NC(CC)N(CCCC(F)(F)F)C1=O. The highest BCUT2D eigenvalue weighted by molar-refractivity contribution is 5.84. The van der Waals surface area contributed by atoms with Crippen LogP contribution in [-0.2, 0) is 4.79 Å². The molecule has 1 rings (SSSR count). The maximum atomic E-state index is 12.1. The summed E-state index contributed by atoms with van der Waals surface area (Å²) in [4.78, 5) is 13.7. The predicted molar refractivity (Wildman–Crippen MR) is 67.5 cm³/mol. The summed E-state index contributed by atoms with van der Waals surface area (Å²) in [6, 6.07) is -0.212. The Morgan fingerprint density at radius 2 is 1.95 bits per heavy atom. The van der Waals surface area contributed by atoms with Crippen LogP contribution < -0.4 is 5.32 Å². The van der Waals surface area contributed by atoms with E-state index >= 15 is 0 Å². The van der Waals surface area contributed by atoms with Crippen LogP contribution >= 0.6 is 0 Å². The van der Waals surface area contributed by atoms with Crippen LogP contribution in [0.25, 0.3) is 0 Å². The van der Waals surface area contributed by atoms with E-state index in [1.165, 1.54) is 0 Å². The van der Waals surface area contributed by atoms with E-state index in [1.54, 1.807) is 4.90 Å². The number of nitrogens with zero attached hydrogens (tertiary/aromatic N) is 1. The molecule has 3 nitrogen and oxygen atoms in total. The van der Waals surface area contributed by atoms with Gasteiger partial charge in [-0.1, -0.05) is 26.7 Å². The second kappa shape index (κ2) is 7.12. The van der Waals surface area contributed by atoms with Gasteiger partial charge in [0.15, 0.2) is 0 Å². The maximum Gasteiger partial charge on any atom is 0.389 e. The van der Waals surface area contributed by atoms with Crippen molar-refractivity contribution in [1.29, 1.82) is 0 Å². The van der Waals surface area contributed by atoms with Gasteiger partial charge in [0, 0.05) is 13.0 Å². The molecule has 0 radical (unpaired) electrons. The zero-order valence-electron chi connectivity index (χ0n) is 11.6. The van der Waals surface area contributed by atoms with Gasteiger partial charge in [-0.3, -0.25) is 10.1 Å². The van der Waals surface area contributed by atoms with Gasteiger partial charge in [0.1, 0.15) is 0 Å². The lowest BCUT2D eigenvalue weighted by molar-refractivity contribution is -0.140. The molecule has 0 spiro atoms. The van der Waals surface area contributed by atoms with Crippen LogP contribution in [0, 0.1) is 0 Å². The predicted octanol–water partition coefficient (Wildman–Crippen LogP) is 3.06. The molecule has 19 heavy (non-hydrogen) atoms. The first-order valence-electron chi connectivity index (χ1n) is 7.02. The Kier molecular flexibility index (Phi) is 6.10. The molecule has 0 aromatic heterocycles. The fraction of sp³-hybridized carbons (Fsp3) is 0.923. The van der Waals surface area contributed by atoms with Crippen LogP contribution in [0.3, 0.4) is 0 Å². The Morgan fingerprint density at radius 1 is 1.26 bits per heavy atom. The molecule has 0 aromatic carbocycles. The van der Waals surface area contributed by atoms with E-state index in [1.807, 2.05) is 6.92 Å². The monoisotopic (exact) mass is 280 g/mol. The van der Waals surface area contributed by atoms with Crippen molar-refractivity contribution >= 4 is 5.91 Å². The van der Waals surface area contributed by atoms with Gasteiger partial charge in [-0.05, 0) is 19.3 Å². The number of nitrogens with one attached hydrogen (secondary N) is 1. The van der Waals surface area contributed by atoms with Gasteiger partial charge in [0.25, 0.3) is 0 Å². The minimum absolute atomic E-state index is 0.0199. The third kappa shape index (κ3) is 5.01. The summed E-state index contributed by atoms with van der Waals surface area (Å²) >= 11 is 0. The van der Waals surface area contributed by atoms with E-state index in [2.05, 4.69) is 12.2 Å². The average Bonchev–Trinajstić information content (AvgIpc) is 2.62. The molecule has 6 heteroatoms. The molecule has 2 atom stereocenters. The molecular formula is C13H23F3N2O. The van der Waals surface area contributed by atoms with Crippen molar-refractivity contribution in [3.05, 3.63) is 0 Å². The topological polar surface area (TPSA) is 32.3 Å². The summed E-state index contributed by atoms with van der Waals surface area (Å²) in [6.45, 7) is 4.17. The Morgan fingerprint density at radius 3 is 2.47 bits per heavy atom. The molecule has 1 N–H and O–H groups in total. The Balaban J connectivity index is 2.48. The first kappa shape index (κ1) is 16.3. The molecule has 1 amide bonds. The van der Waals surface area contributed by atoms with Gasteiger partial charge < -0.3 is 4.90 Å². The van der Waals surface area contributed by atoms with E-state index in [0.717, 1.165) is 25.7 Å². The largest absolute Gasteiger partial charge is 0.389 e. The molecule has 1 saturated heterocycles. The van der Waals surface area contributed by atoms with Gasteiger partial charge >= 0.3 is 6.18 Å². The van der Waals surface area contributed by atoms with Crippen LogP contribution in [0.15, 0.2) is 0 Å². The van der Waals surface area contributed by atoms with Crippen molar-refractivity contribution < 1.29 is 18.0 Å². The van der Waals surface area contributed by atoms with Crippen molar-refractivity contribution in [1.82, 2.24) is 10.2 Å². The van der Waals surface area contributed by atoms with Crippen molar-refractivity contribution in [2.24, 2.45) is 0 Å².